The van der Waals surface area contributed by atoms with Crippen molar-refractivity contribution < 1.29 is 13.2 Å². The summed E-state index contributed by atoms with van der Waals surface area (Å²) in [7, 11) is -3.26. The van der Waals surface area contributed by atoms with Gasteiger partial charge in [-0.1, -0.05) is 12.1 Å². The molecular weight excluding hydrogens is 377 g/mol. The van der Waals surface area contributed by atoms with Crippen LogP contribution < -0.4 is 10.5 Å². The van der Waals surface area contributed by atoms with Crippen molar-refractivity contribution in [2.45, 2.75) is 4.90 Å². The van der Waals surface area contributed by atoms with Gasteiger partial charge in [-0.3, -0.25) is 0 Å². The largest absolute Gasteiger partial charge is 0.454 e. The highest BCUT2D eigenvalue weighted by Crippen LogP contribution is 2.31. The minimum absolute atomic E-state index is 0.181. The van der Waals surface area contributed by atoms with E-state index in [0.717, 1.165) is 9.83 Å². The molecule has 2 rings (SSSR count). The molecule has 4 nitrogen and oxygen atoms in total. The molecule has 0 bridgehead atoms. The van der Waals surface area contributed by atoms with E-state index in [9.17, 15) is 8.42 Å². The van der Waals surface area contributed by atoms with E-state index < -0.39 is 9.84 Å². The monoisotopic (exact) mass is 389 g/mol. The normalized spacial score (nSPS) is 11.3. The van der Waals surface area contributed by atoms with Gasteiger partial charge in [0.15, 0.2) is 9.84 Å². The molecule has 0 aliphatic heterocycles. The van der Waals surface area contributed by atoms with E-state index in [2.05, 4.69) is 22.6 Å². The van der Waals surface area contributed by atoms with Crippen LogP contribution >= 0.6 is 22.6 Å². The first kappa shape index (κ1) is 14.1. The number of ether oxygens (including phenoxy) is 1. The highest BCUT2D eigenvalue weighted by Gasteiger charge is 2.11. The van der Waals surface area contributed by atoms with E-state index in [1.165, 1.54) is 12.1 Å². The topological polar surface area (TPSA) is 69.4 Å². The van der Waals surface area contributed by atoms with Gasteiger partial charge in [-0.2, -0.15) is 0 Å². The van der Waals surface area contributed by atoms with Gasteiger partial charge < -0.3 is 10.5 Å². The third-order valence-electron chi connectivity index (χ3n) is 2.47. The summed E-state index contributed by atoms with van der Waals surface area (Å²) in [6.07, 6.45) is 1.14. The molecular formula is C13H12INO3S. The first-order valence-corrected chi connectivity index (χ1v) is 8.37. The summed E-state index contributed by atoms with van der Waals surface area (Å²) in [5.74, 6) is 1.12. The summed E-state index contributed by atoms with van der Waals surface area (Å²) < 4.78 is 29.5. The number of halogens is 1. The Morgan fingerprint density at radius 1 is 1.11 bits per heavy atom. The Labute approximate surface area is 125 Å². The van der Waals surface area contributed by atoms with Gasteiger partial charge in [0.25, 0.3) is 0 Å². The van der Waals surface area contributed by atoms with Gasteiger partial charge in [-0.15, -0.1) is 0 Å². The molecule has 0 aliphatic carbocycles. The first-order valence-electron chi connectivity index (χ1n) is 5.40. The highest BCUT2D eigenvalue weighted by atomic mass is 127. The van der Waals surface area contributed by atoms with Crippen LogP contribution in [0.5, 0.6) is 11.5 Å². The smallest absolute Gasteiger partial charge is 0.175 e. The summed E-state index contributed by atoms with van der Waals surface area (Å²) in [6.45, 7) is 0. The molecule has 6 heteroatoms. The van der Waals surface area contributed by atoms with Crippen LogP contribution in [0.2, 0.25) is 0 Å². The molecule has 0 saturated heterocycles. The van der Waals surface area contributed by atoms with Crippen LogP contribution in [0.15, 0.2) is 47.4 Å². The average molecular weight is 389 g/mol. The van der Waals surface area contributed by atoms with Crippen LogP contribution in [-0.2, 0) is 9.84 Å². The maximum atomic E-state index is 11.4. The van der Waals surface area contributed by atoms with Crippen molar-refractivity contribution >= 4 is 38.1 Å². The molecule has 0 spiro atoms. The number of nitrogen functional groups attached to an aromatic ring is 1. The zero-order valence-corrected chi connectivity index (χ0v) is 13.1. The standard InChI is InChI=1S/C13H12INO3S/c1-19(16,17)9-6-7-13(11(15)8-9)18-12-5-3-2-4-10(12)14/h2-8H,15H2,1H3. The molecule has 0 fully saturated rings. The lowest BCUT2D eigenvalue weighted by atomic mass is 10.3. The summed E-state index contributed by atoms with van der Waals surface area (Å²) in [6, 6.07) is 12.0. The third-order valence-corrected chi connectivity index (χ3v) is 4.47. The highest BCUT2D eigenvalue weighted by molar-refractivity contribution is 14.1. The molecule has 0 saturated carbocycles. The van der Waals surface area contributed by atoms with Gasteiger partial charge in [0.05, 0.1) is 14.2 Å². The van der Waals surface area contributed by atoms with Crippen molar-refractivity contribution in [3.05, 3.63) is 46.0 Å². The maximum Gasteiger partial charge on any atom is 0.175 e. The molecule has 0 atom stereocenters. The van der Waals surface area contributed by atoms with Gasteiger partial charge in [0.2, 0.25) is 0 Å². The second kappa shape index (κ2) is 5.38. The molecule has 0 aliphatic rings. The van der Waals surface area contributed by atoms with Crippen molar-refractivity contribution in [1.82, 2.24) is 0 Å². The van der Waals surface area contributed by atoms with Crippen LogP contribution in [0.4, 0.5) is 5.69 Å². The van der Waals surface area contributed by atoms with Gasteiger partial charge in [-0.25, -0.2) is 8.42 Å². The van der Waals surface area contributed by atoms with Crippen molar-refractivity contribution in [1.29, 1.82) is 0 Å². The molecule has 0 unspecified atom stereocenters. The number of para-hydroxylation sites is 1. The second-order valence-corrected chi connectivity index (χ2v) is 7.18. The Morgan fingerprint density at radius 3 is 2.37 bits per heavy atom. The Balaban J connectivity index is 2.36. The van der Waals surface area contributed by atoms with Crippen LogP contribution in [0.3, 0.4) is 0 Å². The summed E-state index contributed by atoms with van der Waals surface area (Å²) in [4.78, 5) is 0.181. The fourth-order valence-electron chi connectivity index (χ4n) is 1.50. The van der Waals surface area contributed by atoms with E-state index in [1.807, 2.05) is 24.3 Å². The van der Waals surface area contributed by atoms with Crippen LogP contribution in [-0.4, -0.2) is 14.7 Å². The van der Waals surface area contributed by atoms with Gasteiger partial charge in [0, 0.05) is 6.26 Å². The van der Waals surface area contributed by atoms with E-state index >= 15 is 0 Å². The number of rotatable bonds is 3. The fraction of sp³-hybridized carbons (Fsp3) is 0.0769. The van der Waals surface area contributed by atoms with E-state index in [-0.39, 0.29) is 4.90 Å². The number of sulfone groups is 1. The predicted octanol–water partition coefficient (Wildman–Crippen LogP) is 3.07. The number of nitrogens with two attached hydrogens (primary N) is 1. The summed E-state index contributed by atoms with van der Waals surface area (Å²) in [5.41, 5.74) is 6.12. The maximum absolute atomic E-state index is 11.4. The lowest BCUT2D eigenvalue weighted by Crippen LogP contribution is -2.00. The lowest BCUT2D eigenvalue weighted by molar-refractivity contribution is 0.481. The van der Waals surface area contributed by atoms with E-state index in [0.29, 0.717) is 17.2 Å². The Bertz CT molecular complexity index is 714. The molecule has 2 aromatic rings. The fourth-order valence-corrected chi connectivity index (χ4v) is 2.65. The van der Waals surface area contributed by atoms with Crippen molar-refractivity contribution in [2.24, 2.45) is 0 Å². The molecule has 2 aromatic carbocycles. The molecule has 100 valence electrons. The molecule has 2 N–H and O–H groups in total. The molecule has 0 aromatic heterocycles. The molecule has 19 heavy (non-hydrogen) atoms. The van der Waals surface area contributed by atoms with E-state index in [4.69, 9.17) is 10.5 Å². The minimum Gasteiger partial charge on any atom is -0.454 e. The van der Waals surface area contributed by atoms with Crippen LogP contribution in [0, 0.1) is 3.57 Å². The van der Waals surface area contributed by atoms with Crippen molar-refractivity contribution in [3.63, 3.8) is 0 Å². The molecule has 0 heterocycles. The number of benzene rings is 2. The van der Waals surface area contributed by atoms with Gasteiger partial charge >= 0.3 is 0 Å². The van der Waals surface area contributed by atoms with Crippen molar-refractivity contribution in [3.8, 4) is 11.5 Å². The summed E-state index contributed by atoms with van der Waals surface area (Å²) in [5, 5.41) is 0. The zero-order chi connectivity index (χ0) is 14.0. The number of anilines is 1. The Morgan fingerprint density at radius 2 is 1.79 bits per heavy atom. The second-order valence-electron chi connectivity index (χ2n) is 4.00. The SMILES string of the molecule is CS(=O)(=O)c1ccc(Oc2ccccc2I)c(N)c1. The quantitative estimate of drug-likeness (QED) is 0.647. The predicted molar refractivity (Wildman–Crippen MR) is 83.2 cm³/mol. The number of hydrogen-bond donors (Lipinski definition) is 1. The minimum atomic E-state index is -3.26. The summed E-state index contributed by atoms with van der Waals surface area (Å²) >= 11 is 2.16. The third kappa shape index (κ3) is 3.38. The first-order chi connectivity index (χ1) is 8.88. The zero-order valence-electron chi connectivity index (χ0n) is 10.1. The van der Waals surface area contributed by atoms with Crippen molar-refractivity contribution in [2.75, 3.05) is 12.0 Å². The molecule has 0 radical (unpaired) electrons. The average Bonchev–Trinajstić information content (AvgIpc) is 2.33. The molecule has 0 amide bonds. The van der Waals surface area contributed by atoms with Crippen LogP contribution in [0.1, 0.15) is 0 Å². The lowest BCUT2D eigenvalue weighted by Gasteiger charge is -2.10. The Kier molecular flexibility index (Phi) is 4.00. The van der Waals surface area contributed by atoms with E-state index in [1.54, 1.807) is 6.07 Å². The Hall–Kier alpha value is -1.28. The number of hydrogen-bond acceptors (Lipinski definition) is 4. The van der Waals surface area contributed by atoms with Crippen LogP contribution in [0.25, 0.3) is 0 Å². The van der Waals surface area contributed by atoms with Gasteiger partial charge in [0.1, 0.15) is 11.5 Å². The van der Waals surface area contributed by atoms with Gasteiger partial charge in [-0.05, 0) is 52.9 Å².